The van der Waals surface area contributed by atoms with Crippen LogP contribution in [0.15, 0.2) is 23.0 Å². The summed E-state index contributed by atoms with van der Waals surface area (Å²) in [6, 6.07) is 3.58. The van der Waals surface area contributed by atoms with Crippen molar-refractivity contribution in [3.05, 3.63) is 35.5 Å². The Morgan fingerprint density at radius 2 is 2.10 bits per heavy atom. The van der Waals surface area contributed by atoms with E-state index in [9.17, 15) is 0 Å². The number of nitrogens with zero attached hydrogens (tertiary/aromatic N) is 4. The molecule has 0 atom stereocenters. The molecule has 3 rings (SSSR count). The van der Waals surface area contributed by atoms with Crippen molar-refractivity contribution in [2.75, 3.05) is 11.1 Å². The number of pyridine rings is 1. The van der Waals surface area contributed by atoms with E-state index < -0.39 is 0 Å². The minimum atomic E-state index is 0.438. The zero-order valence-electron chi connectivity index (χ0n) is 11.2. The Kier molecular flexibility index (Phi) is 2.94. The van der Waals surface area contributed by atoms with Gasteiger partial charge in [0.1, 0.15) is 23.7 Å². The molecule has 0 spiro atoms. The number of anilines is 2. The van der Waals surface area contributed by atoms with Crippen LogP contribution in [0, 0.1) is 13.8 Å². The van der Waals surface area contributed by atoms with E-state index in [-0.39, 0.29) is 0 Å². The lowest BCUT2D eigenvalue weighted by molar-refractivity contribution is 0.392. The van der Waals surface area contributed by atoms with Gasteiger partial charge in [0.25, 0.3) is 0 Å². The summed E-state index contributed by atoms with van der Waals surface area (Å²) in [5, 5.41) is 8.01. The number of fused-ring (bicyclic) bond motifs is 1. The van der Waals surface area contributed by atoms with Crippen molar-refractivity contribution < 1.29 is 4.52 Å². The molecule has 0 aromatic carbocycles. The Morgan fingerprint density at radius 1 is 1.25 bits per heavy atom. The summed E-state index contributed by atoms with van der Waals surface area (Å²) in [5.74, 6) is 1.95. The van der Waals surface area contributed by atoms with Gasteiger partial charge in [-0.05, 0) is 26.0 Å². The topological polar surface area (TPSA) is 103 Å². The fourth-order valence-electron chi connectivity index (χ4n) is 2.02. The first kappa shape index (κ1) is 12.3. The van der Waals surface area contributed by atoms with Crippen molar-refractivity contribution in [1.82, 2.24) is 20.1 Å². The van der Waals surface area contributed by atoms with E-state index in [1.165, 1.54) is 6.33 Å². The average Bonchev–Trinajstić information content (AvgIpc) is 2.75. The second-order valence-corrected chi connectivity index (χ2v) is 4.49. The molecule has 0 aliphatic heterocycles. The first-order valence-corrected chi connectivity index (χ1v) is 6.18. The van der Waals surface area contributed by atoms with Gasteiger partial charge in [-0.25, -0.2) is 15.0 Å². The molecule has 7 heteroatoms. The fraction of sp³-hybridized carbons (Fsp3) is 0.231. The van der Waals surface area contributed by atoms with Crippen LogP contribution in [0.4, 0.5) is 11.6 Å². The van der Waals surface area contributed by atoms with E-state index in [1.807, 2.05) is 19.9 Å². The molecule has 0 fully saturated rings. The molecule has 3 N–H and O–H groups in total. The van der Waals surface area contributed by atoms with Gasteiger partial charge in [0.05, 0.1) is 11.1 Å². The molecule has 3 aromatic heterocycles. The standard InChI is InChI=1S/C13H14N6O/c1-7-10(8(2)20-19-7)5-15-12-9-3-4-11(14)18-13(9)17-6-16-12/h3-4,6H,5H2,1-2H3,(H3,14,15,16,17,18). The van der Waals surface area contributed by atoms with Crippen LogP contribution in [0.1, 0.15) is 17.0 Å². The molecule has 20 heavy (non-hydrogen) atoms. The highest BCUT2D eigenvalue weighted by molar-refractivity contribution is 5.87. The van der Waals surface area contributed by atoms with Crippen molar-refractivity contribution in [3.63, 3.8) is 0 Å². The zero-order chi connectivity index (χ0) is 14.1. The average molecular weight is 270 g/mol. The molecule has 3 aromatic rings. The highest BCUT2D eigenvalue weighted by Gasteiger charge is 2.10. The second kappa shape index (κ2) is 4.76. The number of hydrogen-bond donors (Lipinski definition) is 2. The van der Waals surface area contributed by atoms with E-state index in [4.69, 9.17) is 10.3 Å². The third-order valence-corrected chi connectivity index (χ3v) is 3.13. The first-order valence-electron chi connectivity index (χ1n) is 6.18. The normalized spacial score (nSPS) is 10.9. The van der Waals surface area contributed by atoms with Crippen LogP contribution < -0.4 is 11.1 Å². The lowest BCUT2D eigenvalue weighted by Crippen LogP contribution is -2.05. The van der Waals surface area contributed by atoms with Crippen molar-refractivity contribution in [3.8, 4) is 0 Å². The maximum atomic E-state index is 5.65. The Morgan fingerprint density at radius 3 is 2.85 bits per heavy atom. The van der Waals surface area contributed by atoms with Gasteiger partial charge >= 0.3 is 0 Å². The minimum absolute atomic E-state index is 0.438. The van der Waals surface area contributed by atoms with Crippen LogP contribution in [0.25, 0.3) is 11.0 Å². The third-order valence-electron chi connectivity index (χ3n) is 3.13. The predicted molar refractivity (Wildman–Crippen MR) is 75.0 cm³/mol. The highest BCUT2D eigenvalue weighted by atomic mass is 16.5. The predicted octanol–water partition coefficient (Wildman–Crippen LogP) is 1.82. The molecule has 0 bridgehead atoms. The van der Waals surface area contributed by atoms with Crippen LogP contribution in [0.3, 0.4) is 0 Å². The van der Waals surface area contributed by atoms with Crippen molar-refractivity contribution in [2.24, 2.45) is 0 Å². The number of hydrogen-bond acceptors (Lipinski definition) is 7. The molecule has 0 amide bonds. The van der Waals surface area contributed by atoms with Crippen molar-refractivity contribution >= 4 is 22.7 Å². The summed E-state index contributed by atoms with van der Waals surface area (Å²) in [6.45, 7) is 4.38. The molecule has 102 valence electrons. The number of aryl methyl sites for hydroxylation is 2. The van der Waals surface area contributed by atoms with Crippen LogP contribution in [-0.2, 0) is 6.54 Å². The number of aromatic nitrogens is 4. The van der Waals surface area contributed by atoms with Gasteiger partial charge in [0.15, 0.2) is 5.65 Å². The Balaban J connectivity index is 1.92. The van der Waals surface area contributed by atoms with E-state index in [0.29, 0.717) is 23.8 Å². The van der Waals surface area contributed by atoms with Gasteiger partial charge in [0, 0.05) is 12.1 Å². The molecule has 0 aliphatic carbocycles. The van der Waals surface area contributed by atoms with E-state index in [1.54, 1.807) is 6.07 Å². The van der Waals surface area contributed by atoms with Gasteiger partial charge in [-0.2, -0.15) is 0 Å². The Hall–Kier alpha value is -2.70. The third kappa shape index (κ3) is 2.13. The highest BCUT2D eigenvalue weighted by Crippen LogP contribution is 2.20. The van der Waals surface area contributed by atoms with Gasteiger partial charge < -0.3 is 15.6 Å². The van der Waals surface area contributed by atoms with Gasteiger partial charge in [-0.15, -0.1) is 0 Å². The summed E-state index contributed by atoms with van der Waals surface area (Å²) in [6.07, 6.45) is 1.46. The zero-order valence-corrected chi connectivity index (χ0v) is 11.2. The molecule has 0 radical (unpaired) electrons. The van der Waals surface area contributed by atoms with Crippen LogP contribution in [-0.4, -0.2) is 20.1 Å². The maximum Gasteiger partial charge on any atom is 0.166 e. The van der Waals surface area contributed by atoms with Crippen LogP contribution in [0.2, 0.25) is 0 Å². The summed E-state index contributed by atoms with van der Waals surface area (Å²) in [5.41, 5.74) is 8.12. The van der Waals surface area contributed by atoms with E-state index >= 15 is 0 Å². The molecular formula is C13H14N6O. The quantitative estimate of drug-likeness (QED) is 0.748. The molecule has 0 saturated heterocycles. The number of nitrogens with one attached hydrogen (secondary N) is 1. The molecule has 0 aliphatic rings. The van der Waals surface area contributed by atoms with Crippen LogP contribution >= 0.6 is 0 Å². The summed E-state index contributed by atoms with van der Waals surface area (Å²) >= 11 is 0. The van der Waals surface area contributed by atoms with Crippen molar-refractivity contribution in [1.29, 1.82) is 0 Å². The fourth-order valence-corrected chi connectivity index (χ4v) is 2.02. The van der Waals surface area contributed by atoms with E-state index in [0.717, 1.165) is 22.4 Å². The van der Waals surface area contributed by atoms with Gasteiger partial charge in [0.2, 0.25) is 0 Å². The minimum Gasteiger partial charge on any atom is -0.384 e. The monoisotopic (exact) mass is 270 g/mol. The smallest absolute Gasteiger partial charge is 0.166 e. The van der Waals surface area contributed by atoms with E-state index in [2.05, 4.69) is 25.4 Å². The molecular weight excluding hydrogens is 256 g/mol. The molecule has 3 heterocycles. The van der Waals surface area contributed by atoms with Crippen molar-refractivity contribution in [2.45, 2.75) is 20.4 Å². The second-order valence-electron chi connectivity index (χ2n) is 4.49. The number of rotatable bonds is 3. The number of nitrogens with two attached hydrogens (primary N) is 1. The molecule has 7 nitrogen and oxygen atoms in total. The summed E-state index contributed by atoms with van der Waals surface area (Å²) < 4.78 is 5.14. The maximum absolute atomic E-state index is 5.65. The molecule has 0 unspecified atom stereocenters. The largest absolute Gasteiger partial charge is 0.384 e. The van der Waals surface area contributed by atoms with Crippen LogP contribution in [0.5, 0.6) is 0 Å². The lowest BCUT2D eigenvalue weighted by Gasteiger charge is -2.07. The molecule has 0 saturated carbocycles. The van der Waals surface area contributed by atoms with Gasteiger partial charge in [-0.1, -0.05) is 5.16 Å². The Bertz CT molecular complexity index is 747. The van der Waals surface area contributed by atoms with Gasteiger partial charge in [-0.3, -0.25) is 0 Å². The Labute approximate surface area is 115 Å². The summed E-state index contributed by atoms with van der Waals surface area (Å²) in [7, 11) is 0. The summed E-state index contributed by atoms with van der Waals surface area (Å²) in [4.78, 5) is 12.5. The lowest BCUT2D eigenvalue weighted by atomic mass is 10.2. The first-order chi connectivity index (χ1) is 9.65. The SMILES string of the molecule is Cc1noc(C)c1CNc1ncnc2nc(N)ccc12. The number of nitrogen functional groups attached to an aromatic ring is 1.